The number of carbonyl (C=O) groups excluding carboxylic acids is 6. The molecule has 0 N–H and O–H groups in total. The molecule has 41 heavy (non-hydrogen) atoms. The SMILES string of the molecule is O=C([O-])CCCCCCCC(=O)[O-].O=C([O-])CCCCCCCC(=O)[O-].O=C([O-])CCCCCCCC(=O)[O-].[Al+3].[Al+3]. The predicted molar refractivity (Wildman–Crippen MR) is 139 cm³/mol. The molecule has 0 saturated heterocycles. The Labute approximate surface area is 264 Å². The molecule has 0 aliphatic carbocycles. The summed E-state index contributed by atoms with van der Waals surface area (Å²) >= 11 is 0. The van der Waals surface area contributed by atoms with Gasteiger partial charge in [0.1, 0.15) is 0 Å². The Morgan fingerprint density at radius 2 is 0.341 bits per heavy atom. The topological polar surface area (TPSA) is 241 Å². The average molecular weight is 613 g/mol. The van der Waals surface area contributed by atoms with Crippen LogP contribution in [-0.4, -0.2) is 70.5 Å². The van der Waals surface area contributed by atoms with Gasteiger partial charge in [-0.1, -0.05) is 57.8 Å². The van der Waals surface area contributed by atoms with Gasteiger partial charge in [0.15, 0.2) is 0 Å². The van der Waals surface area contributed by atoms with E-state index in [4.69, 9.17) is 0 Å². The van der Waals surface area contributed by atoms with Crippen molar-refractivity contribution >= 4 is 70.5 Å². The quantitative estimate of drug-likeness (QED) is 0.0777. The Balaban J connectivity index is -0.000000154. The molecule has 0 atom stereocenters. The molecular weight excluding hydrogens is 570 g/mol. The number of unbranched alkanes of at least 4 members (excludes halogenated alkanes) is 12. The molecule has 0 aromatic heterocycles. The molecule has 0 saturated carbocycles. The van der Waals surface area contributed by atoms with Crippen LogP contribution in [0.1, 0.15) is 135 Å². The van der Waals surface area contributed by atoms with Crippen molar-refractivity contribution in [3.8, 4) is 0 Å². The standard InChI is InChI=1S/3C9H16O4.2Al/c3*10-8(11)6-4-2-1-3-5-7-9(12)13;;/h3*1-7H2,(H,10,11)(H,12,13);;/q;;;2*+3/p-6. The molecular formula is C27H42Al2O12. The zero-order valence-electron chi connectivity index (χ0n) is 23.9. The molecule has 0 unspecified atom stereocenters. The first kappa shape index (κ1) is 48.6. The van der Waals surface area contributed by atoms with Crippen LogP contribution in [0.4, 0.5) is 0 Å². The van der Waals surface area contributed by atoms with Crippen molar-refractivity contribution in [1.82, 2.24) is 0 Å². The van der Waals surface area contributed by atoms with Gasteiger partial charge in [0.2, 0.25) is 0 Å². The second-order valence-corrected chi connectivity index (χ2v) is 9.04. The van der Waals surface area contributed by atoms with Crippen LogP contribution in [0.2, 0.25) is 0 Å². The van der Waals surface area contributed by atoms with Crippen molar-refractivity contribution in [2.24, 2.45) is 0 Å². The zero-order valence-corrected chi connectivity index (χ0v) is 26.2. The van der Waals surface area contributed by atoms with E-state index < -0.39 is 35.8 Å². The maximum atomic E-state index is 9.98. The van der Waals surface area contributed by atoms with E-state index >= 15 is 0 Å². The summed E-state index contributed by atoms with van der Waals surface area (Å²) in [4.78, 5) is 59.9. The van der Waals surface area contributed by atoms with Crippen molar-refractivity contribution in [2.75, 3.05) is 0 Å². The first-order chi connectivity index (χ1) is 18.4. The van der Waals surface area contributed by atoms with Gasteiger partial charge in [0.25, 0.3) is 0 Å². The van der Waals surface area contributed by atoms with Gasteiger partial charge in [0.05, 0.1) is 0 Å². The van der Waals surface area contributed by atoms with Crippen molar-refractivity contribution in [3.05, 3.63) is 0 Å². The summed E-state index contributed by atoms with van der Waals surface area (Å²) in [7, 11) is 0. The smallest absolute Gasteiger partial charge is 0.550 e. The van der Waals surface area contributed by atoms with Gasteiger partial charge in [0, 0.05) is 35.8 Å². The molecule has 0 aliphatic heterocycles. The number of carbonyl (C=O) groups is 6. The normalized spacial score (nSPS) is 9.37. The molecule has 0 rings (SSSR count). The summed E-state index contributed by atoms with van der Waals surface area (Å²) < 4.78 is 0. The fourth-order valence-corrected chi connectivity index (χ4v) is 3.21. The van der Waals surface area contributed by atoms with Crippen molar-refractivity contribution in [1.29, 1.82) is 0 Å². The Morgan fingerprint density at radius 3 is 0.439 bits per heavy atom. The Bertz CT molecular complexity index is 543. The maximum Gasteiger partial charge on any atom is 3.00 e. The van der Waals surface area contributed by atoms with Crippen LogP contribution in [0.5, 0.6) is 0 Å². The van der Waals surface area contributed by atoms with E-state index in [1.165, 1.54) is 0 Å². The van der Waals surface area contributed by atoms with Crippen LogP contribution >= 0.6 is 0 Å². The summed E-state index contributed by atoms with van der Waals surface area (Å²) in [5.41, 5.74) is 0. The molecule has 14 heteroatoms. The summed E-state index contributed by atoms with van der Waals surface area (Å²) in [5.74, 6) is -6.11. The van der Waals surface area contributed by atoms with Crippen LogP contribution in [0, 0.1) is 0 Å². The molecule has 0 fully saturated rings. The fraction of sp³-hybridized carbons (Fsp3) is 0.778. The monoisotopic (exact) mass is 612 g/mol. The van der Waals surface area contributed by atoms with E-state index in [0.717, 1.165) is 57.8 Å². The number of rotatable bonds is 24. The van der Waals surface area contributed by atoms with Gasteiger partial charge in [-0.25, -0.2) is 0 Å². The van der Waals surface area contributed by atoms with Crippen LogP contribution in [-0.2, 0) is 28.8 Å². The predicted octanol–water partition coefficient (Wildman–Crippen LogP) is -3.11. The fourth-order valence-electron chi connectivity index (χ4n) is 3.21. The van der Waals surface area contributed by atoms with E-state index in [-0.39, 0.29) is 73.2 Å². The number of aliphatic carboxylic acids is 6. The van der Waals surface area contributed by atoms with E-state index in [1.54, 1.807) is 0 Å². The average Bonchev–Trinajstić information content (AvgIpc) is 2.82. The van der Waals surface area contributed by atoms with Crippen LogP contribution in [0.15, 0.2) is 0 Å². The molecule has 0 aromatic rings. The summed E-state index contributed by atoms with van der Waals surface area (Å²) in [6, 6.07) is 0. The van der Waals surface area contributed by atoms with Gasteiger partial charge in [-0.05, 0) is 77.0 Å². The van der Waals surface area contributed by atoms with Gasteiger partial charge < -0.3 is 59.4 Å². The second-order valence-electron chi connectivity index (χ2n) is 9.04. The second kappa shape index (κ2) is 37.9. The third kappa shape index (κ3) is 62.7. The molecule has 228 valence electrons. The molecule has 0 spiro atoms. The van der Waals surface area contributed by atoms with Gasteiger partial charge in [-0.3, -0.25) is 0 Å². The molecule has 0 radical (unpaired) electrons. The van der Waals surface area contributed by atoms with E-state index in [9.17, 15) is 59.4 Å². The molecule has 0 amide bonds. The van der Waals surface area contributed by atoms with Crippen LogP contribution < -0.4 is 30.6 Å². The Hall–Kier alpha value is -2.12. The van der Waals surface area contributed by atoms with E-state index in [1.807, 2.05) is 0 Å². The third-order valence-corrected chi connectivity index (χ3v) is 5.29. The number of hydrogen-bond acceptors (Lipinski definition) is 12. The maximum absolute atomic E-state index is 9.98. The van der Waals surface area contributed by atoms with Crippen molar-refractivity contribution < 1.29 is 59.4 Å². The van der Waals surface area contributed by atoms with Gasteiger partial charge in [-0.15, -0.1) is 0 Å². The minimum absolute atomic E-state index is 0. The number of carboxylic acid groups (broad SMARTS) is 6. The van der Waals surface area contributed by atoms with Crippen molar-refractivity contribution in [3.63, 3.8) is 0 Å². The molecule has 0 aromatic carbocycles. The molecule has 0 bridgehead atoms. The van der Waals surface area contributed by atoms with Crippen molar-refractivity contribution in [2.45, 2.75) is 135 Å². The zero-order chi connectivity index (χ0) is 30.3. The number of carboxylic acids is 6. The summed E-state index contributed by atoms with van der Waals surface area (Å²) in [6.07, 6.45) is 11.8. The molecule has 0 heterocycles. The minimum Gasteiger partial charge on any atom is -0.550 e. The number of hydrogen-bond donors (Lipinski definition) is 0. The largest absolute Gasteiger partial charge is 3.00 e. The van der Waals surface area contributed by atoms with E-state index in [0.29, 0.717) is 38.5 Å². The Morgan fingerprint density at radius 1 is 0.244 bits per heavy atom. The van der Waals surface area contributed by atoms with Crippen LogP contribution in [0.3, 0.4) is 0 Å². The van der Waals surface area contributed by atoms with Gasteiger partial charge in [-0.2, -0.15) is 0 Å². The van der Waals surface area contributed by atoms with E-state index in [2.05, 4.69) is 0 Å². The van der Waals surface area contributed by atoms with Gasteiger partial charge >= 0.3 is 34.7 Å². The molecule has 0 aliphatic rings. The molecule has 12 nitrogen and oxygen atoms in total. The third-order valence-electron chi connectivity index (χ3n) is 5.29. The van der Waals surface area contributed by atoms with Crippen LogP contribution in [0.25, 0.3) is 0 Å². The Kier molecular flexibility index (Phi) is 44.9. The minimum atomic E-state index is -1.02. The first-order valence-electron chi connectivity index (χ1n) is 13.6. The summed E-state index contributed by atoms with van der Waals surface area (Å²) in [5, 5.41) is 59.9. The first-order valence-corrected chi connectivity index (χ1v) is 13.6. The summed E-state index contributed by atoms with van der Waals surface area (Å²) in [6.45, 7) is 0.